The Bertz CT molecular complexity index is 372. The van der Waals surface area contributed by atoms with E-state index in [1.54, 1.807) is 18.2 Å². The monoisotopic (exact) mass is 339 g/mol. The van der Waals surface area contributed by atoms with Gasteiger partial charge in [-0.3, -0.25) is 4.79 Å². The molecule has 15 heavy (non-hydrogen) atoms. The second-order valence-corrected chi connectivity index (χ2v) is 4.93. The van der Waals surface area contributed by atoms with E-state index < -0.39 is 12.0 Å². The lowest BCUT2D eigenvalue weighted by Crippen LogP contribution is -2.32. The van der Waals surface area contributed by atoms with Gasteiger partial charge < -0.3 is 15.9 Å². The Hall–Kier alpha value is -0.470. The van der Waals surface area contributed by atoms with Crippen molar-refractivity contribution in [3.8, 4) is 5.75 Å². The van der Waals surface area contributed by atoms with Crippen molar-refractivity contribution in [1.82, 2.24) is 0 Å². The molecule has 0 saturated carbocycles. The topological polar surface area (TPSA) is 83.5 Å². The van der Waals surface area contributed by atoms with Gasteiger partial charge in [-0.15, -0.1) is 0 Å². The summed E-state index contributed by atoms with van der Waals surface area (Å²) in [5, 5.41) is 18.0. The standard InChI is InChI=1S/C9H10INO3S/c10-15-8-2-1-6(12)3-5(8)4-7(11)9(13)14/h1-3,7,12H,4,11H2,(H,13,14)/t7-/m0/s1. The van der Waals surface area contributed by atoms with E-state index >= 15 is 0 Å². The summed E-state index contributed by atoms with van der Waals surface area (Å²) in [7, 11) is 1.47. The van der Waals surface area contributed by atoms with E-state index in [1.165, 1.54) is 8.93 Å². The molecule has 1 atom stereocenters. The number of aromatic hydroxyl groups is 1. The molecular weight excluding hydrogens is 329 g/mol. The highest BCUT2D eigenvalue weighted by Crippen LogP contribution is 2.31. The maximum absolute atomic E-state index is 10.6. The van der Waals surface area contributed by atoms with Gasteiger partial charge in [-0.05, 0) is 30.2 Å². The molecule has 0 bridgehead atoms. The fraction of sp³-hybridized carbons (Fsp3) is 0.222. The fourth-order valence-corrected chi connectivity index (χ4v) is 2.77. The number of benzene rings is 1. The molecule has 0 radical (unpaired) electrons. The summed E-state index contributed by atoms with van der Waals surface area (Å²) in [5.41, 5.74) is 6.18. The quantitative estimate of drug-likeness (QED) is 0.729. The zero-order valence-electron chi connectivity index (χ0n) is 7.68. The number of halogens is 1. The minimum absolute atomic E-state index is 0.122. The van der Waals surface area contributed by atoms with Gasteiger partial charge in [-0.2, -0.15) is 0 Å². The molecule has 0 aromatic heterocycles. The minimum Gasteiger partial charge on any atom is -0.508 e. The van der Waals surface area contributed by atoms with Gasteiger partial charge in [0.2, 0.25) is 0 Å². The number of hydrogen-bond donors (Lipinski definition) is 3. The van der Waals surface area contributed by atoms with Gasteiger partial charge in [0.05, 0.1) is 0 Å². The van der Waals surface area contributed by atoms with Gasteiger partial charge in [0.25, 0.3) is 0 Å². The third kappa shape index (κ3) is 3.54. The molecule has 4 N–H and O–H groups in total. The second-order valence-electron chi connectivity index (χ2n) is 3.02. The van der Waals surface area contributed by atoms with E-state index in [0.717, 1.165) is 10.5 Å². The summed E-state index contributed by atoms with van der Waals surface area (Å²) in [6.07, 6.45) is 0.217. The molecule has 0 amide bonds. The van der Waals surface area contributed by atoms with Crippen molar-refractivity contribution in [3.05, 3.63) is 23.8 Å². The van der Waals surface area contributed by atoms with Crippen LogP contribution in [-0.2, 0) is 11.2 Å². The number of phenols is 1. The van der Waals surface area contributed by atoms with E-state index in [0.29, 0.717) is 0 Å². The van der Waals surface area contributed by atoms with Crippen molar-refractivity contribution in [2.45, 2.75) is 17.4 Å². The first-order valence-electron chi connectivity index (χ1n) is 4.13. The maximum atomic E-state index is 10.6. The lowest BCUT2D eigenvalue weighted by Gasteiger charge is -2.10. The van der Waals surface area contributed by atoms with E-state index in [1.807, 2.05) is 0 Å². The molecule has 0 fully saturated rings. The summed E-state index contributed by atoms with van der Waals surface area (Å²) in [5.74, 6) is -0.917. The highest BCUT2D eigenvalue weighted by molar-refractivity contribution is 14.2. The Morgan fingerprint density at radius 2 is 2.27 bits per heavy atom. The first-order chi connectivity index (χ1) is 7.04. The number of rotatable bonds is 4. The van der Waals surface area contributed by atoms with Crippen molar-refractivity contribution in [2.24, 2.45) is 5.73 Å². The molecule has 4 nitrogen and oxygen atoms in total. The summed E-state index contributed by atoms with van der Waals surface area (Å²) in [6, 6.07) is 3.92. The van der Waals surface area contributed by atoms with Crippen LogP contribution in [0.25, 0.3) is 0 Å². The van der Waals surface area contributed by atoms with Gasteiger partial charge in [-0.1, -0.05) is 8.93 Å². The van der Waals surface area contributed by atoms with Crippen LogP contribution < -0.4 is 5.73 Å². The zero-order chi connectivity index (χ0) is 11.4. The molecule has 0 spiro atoms. The number of carboxylic acid groups (broad SMARTS) is 1. The lowest BCUT2D eigenvalue weighted by molar-refractivity contribution is -0.138. The molecule has 82 valence electrons. The molecule has 0 aliphatic rings. The molecular formula is C9H10INO3S. The Kier molecular flexibility index (Phi) is 4.68. The number of phenolic OH excluding ortho intramolecular Hbond substituents is 1. The van der Waals surface area contributed by atoms with Crippen LogP contribution >= 0.6 is 30.1 Å². The molecule has 0 saturated heterocycles. The average Bonchev–Trinajstić information content (AvgIpc) is 2.18. The van der Waals surface area contributed by atoms with E-state index in [-0.39, 0.29) is 12.2 Å². The summed E-state index contributed by atoms with van der Waals surface area (Å²) in [4.78, 5) is 11.5. The fourth-order valence-electron chi connectivity index (χ4n) is 1.12. The molecule has 0 aliphatic heterocycles. The van der Waals surface area contributed by atoms with Crippen LogP contribution in [0.4, 0.5) is 0 Å². The van der Waals surface area contributed by atoms with Crippen molar-refractivity contribution in [2.75, 3.05) is 0 Å². The Balaban J connectivity index is 2.91. The minimum atomic E-state index is -1.04. The lowest BCUT2D eigenvalue weighted by atomic mass is 10.1. The van der Waals surface area contributed by atoms with Crippen LogP contribution in [-0.4, -0.2) is 22.2 Å². The number of aliphatic carboxylic acids is 1. The third-order valence-corrected chi connectivity index (χ3v) is 3.87. The van der Waals surface area contributed by atoms with Crippen LogP contribution in [0.5, 0.6) is 5.75 Å². The van der Waals surface area contributed by atoms with Crippen LogP contribution in [0.2, 0.25) is 0 Å². The van der Waals surface area contributed by atoms with E-state index in [4.69, 9.17) is 10.8 Å². The third-order valence-electron chi connectivity index (χ3n) is 1.88. The van der Waals surface area contributed by atoms with Gasteiger partial charge >= 0.3 is 5.97 Å². The number of carbonyl (C=O) groups is 1. The van der Waals surface area contributed by atoms with Crippen LogP contribution in [0, 0.1) is 0 Å². The van der Waals surface area contributed by atoms with Crippen molar-refractivity contribution < 1.29 is 15.0 Å². The number of carboxylic acids is 1. The summed E-state index contributed by atoms with van der Waals surface area (Å²) in [6.45, 7) is 0. The zero-order valence-corrected chi connectivity index (χ0v) is 10.7. The first-order valence-corrected chi connectivity index (χ1v) is 7.49. The number of nitrogens with two attached hydrogens (primary N) is 1. The molecule has 0 heterocycles. The largest absolute Gasteiger partial charge is 0.508 e. The van der Waals surface area contributed by atoms with E-state index in [2.05, 4.69) is 21.2 Å². The molecule has 0 aliphatic carbocycles. The van der Waals surface area contributed by atoms with Crippen LogP contribution in [0.3, 0.4) is 0 Å². The SMILES string of the molecule is N[C@@H](Cc1cc(O)ccc1SI)C(=O)O. The molecule has 1 aromatic carbocycles. The highest BCUT2D eigenvalue weighted by Gasteiger charge is 2.14. The van der Waals surface area contributed by atoms with Crippen LogP contribution in [0.1, 0.15) is 5.56 Å². The van der Waals surface area contributed by atoms with Gasteiger partial charge in [0.1, 0.15) is 11.8 Å². The second kappa shape index (κ2) is 5.57. The average molecular weight is 339 g/mol. The van der Waals surface area contributed by atoms with E-state index in [9.17, 15) is 9.90 Å². The van der Waals surface area contributed by atoms with Gasteiger partial charge in [0, 0.05) is 26.1 Å². The smallest absolute Gasteiger partial charge is 0.320 e. The van der Waals surface area contributed by atoms with Gasteiger partial charge in [-0.25, -0.2) is 0 Å². The summed E-state index contributed by atoms with van der Waals surface area (Å²) >= 11 is 2.10. The summed E-state index contributed by atoms with van der Waals surface area (Å²) < 4.78 is 0. The Morgan fingerprint density at radius 3 is 2.80 bits per heavy atom. The van der Waals surface area contributed by atoms with Crippen molar-refractivity contribution in [3.63, 3.8) is 0 Å². The highest BCUT2D eigenvalue weighted by atomic mass is 127. The molecule has 1 rings (SSSR count). The first kappa shape index (κ1) is 12.6. The normalized spacial score (nSPS) is 12.4. The molecule has 6 heteroatoms. The van der Waals surface area contributed by atoms with Crippen molar-refractivity contribution >= 4 is 36.1 Å². The van der Waals surface area contributed by atoms with Crippen LogP contribution in [0.15, 0.2) is 23.1 Å². The maximum Gasteiger partial charge on any atom is 0.320 e. The van der Waals surface area contributed by atoms with Gasteiger partial charge in [0.15, 0.2) is 0 Å². The predicted octanol–water partition coefficient (Wildman–Crippen LogP) is 1.79. The van der Waals surface area contributed by atoms with Crippen molar-refractivity contribution in [1.29, 1.82) is 0 Å². The predicted molar refractivity (Wildman–Crippen MR) is 67.3 cm³/mol. The Labute approximate surface area is 103 Å². The molecule has 1 aromatic rings. The Morgan fingerprint density at radius 1 is 1.60 bits per heavy atom. The molecule has 0 unspecified atom stereocenters. The number of hydrogen-bond acceptors (Lipinski definition) is 4.